The Morgan fingerprint density at radius 1 is 0.909 bits per heavy atom. The Morgan fingerprint density at radius 3 is 2.40 bits per heavy atom. The molecule has 288 valence electrons. The summed E-state index contributed by atoms with van der Waals surface area (Å²) in [6.07, 6.45) is 5.84. The van der Waals surface area contributed by atoms with Crippen molar-refractivity contribution in [3.05, 3.63) is 59.4 Å². The Labute approximate surface area is 317 Å². The standard InChI is InChI=1S/C41H46F2N8O4/c1-39(2)22-32-29(21-41(39,42)43)35(48-47-32)31-19-25-3-5-27(20-30(25)45-31)51-18-13-40(38(51)55)11-16-50(17-12-40)37(54)24-9-14-49(15-10-24)33-7-4-26(23-44-33)28-6-8-34(52)46-36(28)53/h3-5,7,19-20,23-24,28,45H,6,8-18,21-22H2,1-2H3,(H,47,48)(H,46,52,53). The number of pyridine rings is 1. The second-order valence-electron chi connectivity index (χ2n) is 17.0. The van der Waals surface area contributed by atoms with E-state index in [1.807, 2.05) is 46.2 Å². The van der Waals surface area contributed by atoms with Crippen molar-refractivity contribution < 1.29 is 28.0 Å². The Morgan fingerprint density at radius 2 is 1.67 bits per heavy atom. The van der Waals surface area contributed by atoms with Crippen LogP contribution in [0.2, 0.25) is 0 Å². The number of nitrogens with one attached hydrogen (secondary N) is 3. The van der Waals surface area contributed by atoms with E-state index in [1.165, 1.54) is 0 Å². The number of fused-ring (bicyclic) bond motifs is 2. The number of aromatic nitrogens is 4. The van der Waals surface area contributed by atoms with Crippen LogP contribution >= 0.6 is 0 Å². The Balaban J connectivity index is 0.802. The number of aromatic amines is 2. The van der Waals surface area contributed by atoms with Gasteiger partial charge in [-0.2, -0.15) is 5.10 Å². The van der Waals surface area contributed by atoms with E-state index in [1.54, 1.807) is 20.0 Å². The molecule has 7 heterocycles. The zero-order valence-electron chi connectivity index (χ0n) is 31.2. The molecule has 4 aromatic rings. The largest absolute Gasteiger partial charge is 0.357 e. The zero-order valence-corrected chi connectivity index (χ0v) is 31.2. The van der Waals surface area contributed by atoms with Crippen LogP contribution in [0.1, 0.15) is 81.5 Å². The number of rotatable bonds is 5. The highest BCUT2D eigenvalue weighted by atomic mass is 19.3. The van der Waals surface area contributed by atoms with Crippen molar-refractivity contribution in [2.75, 3.05) is 42.5 Å². The van der Waals surface area contributed by atoms with Gasteiger partial charge in [0.1, 0.15) is 11.5 Å². The molecule has 9 rings (SSSR count). The van der Waals surface area contributed by atoms with Gasteiger partial charge in [0.25, 0.3) is 5.92 Å². The molecule has 1 spiro atoms. The number of nitrogens with zero attached hydrogens (tertiary/aromatic N) is 5. The van der Waals surface area contributed by atoms with Crippen LogP contribution < -0.4 is 15.1 Å². The summed E-state index contributed by atoms with van der Waals surface area (Å²) in [5.41, 5.74) is 3.25. The van der Waals surface area contributed by atoms with Crippen LogP contribution in [0.25, 0.3) is 22.3 Å². The van der Waals surface area contributed by atoms with Crippen molar-refractivity contribution in [2.24, 2.45) is 16.7 Å². The lowest BCUT2D eigenvalue weighted by atomic mass is 9.73. The predicted octanol–water partition coefficient (Wildman–Crippen LogP) is 5.50. The highest BCUT2D eigenvalue weighted by molar-refractivity contribution is 6.02. The fourth-order valence-electron chi connectivity index (χ4n) is 9.51. The number of amides is 4. The van der Waals surface area contributed by atoms with Crippen molar-refractivity contribution in [1.82, 2.24) is 30.4 Å². The van der Waals surface area contributed by atoms with Gasteiger partial charge in [0.2, 0.25) is 23.6 Å². The molecular formula is C41H46F2N8O4. The summed E-state index contributed by atoms with van der Waals surface area (Å²) >= 11 is 0. The van der Waals surface area contributed by atoms with Gasteiger partial charge in [-0.05, 0) is 68.4 Å². The molecule has 1 aliphatic carbocycles. The minimum Gasteiger partial charge on any atom is -0.357 e. The number of carbonyl (C=O) groups excluding carboxylic acids is 4. The van der Waals surface area contributed by atoms with Crippen LogP contribution in [-0.2, 0) is 32.0 Å². The predicted molar refractivity (Wildman–Crippen MR) is 202 cm³/mol. The van der Waals surface area contributed by atoms with Crippen LogP contribution in [0, 0.1) is 16.7 Å². The minimum atomic E-state index is -2.85. The van der Waals surface area contributed by atoms with E-state index in [2.05, 4.69) is 30.4 Å². The molecule has 1 unspecified atom stereocenters. The number of alkyl halides is 2. The van der Waals surface area contributed by atoms with E-state index in [4.69, 9.17) is 0 Å². The lowest BCUT2D eigenvalue weighted by Gasteiger charge is -2.40. The highest BCUT2D eigenvalue weighted by Gasteiger charge is 2.52. The number of anilines is 2. The van der Waals surface area contributed by atoms with Gasteiger partial charge in [-0.25, -0.2) is 13.8 Å². The molecule has 0 bridgehead atoms. The summed E-state index contributed by atoms with van der Waals surface area (Å²) in [6.45, 7) is 6.32. The molecule has 3 N–H and O–H groups in total. The first-order valence-electron chi connectivity index (χ1n) is 19.5. The molecular weight excluding hydrogens is 706 g/mol. The molecule has 1 atom stereocenters. The Bertz CT molecular complexity index is 2190. The summed E-state index contributed by atoms with van der Waals surface area (Å²) < 4.78 is 30.0. The summed E-state index contributed by atoms with van der Waals surface area (Å²) in [5.74, 6) is -2.72. The minimum absolute atomic E-state index is 0.0726. The maximum absolute atomic E-state index is 15.0. The van der Waals surface area contributed by atoms with Gasteiger partial charge in [-0.15, -0.1) is 0 Å². The lowest BCUT2D eigenvalue weighted by Crippen LogP contribution is -2.49. The first kappa shape index (κ1) is 35.6. The molecule has 5 aliphatic rings. The molecule has 0 radical (unpaired) electrons. The van der Waals surface area contributed by atoms with E-state index >= 15 is 8.78 Å². The van der Waals surface area contributed by atoms with Gasteiger partial charge in [0.15, 0.2) is 0 Å². The van der Waals surface area contributed by atoms with Crippen LogP contribution in [0.4, 0.5) is 20.3 Å². The van der Waals surface area contributed by atoms with Gasteiger partial charge >= 0.3 is 0 Å². The molecule has 4 aliphatic heterocycles. The molecule has 4 fully saturated rings. The summed E-state index contributed by atoms with van der Waals surface area (Å²) in [7, 11) is 0. The first-order chi connectivity index (χ1) is 26.3. The van der Waals surface area contributed by atoms with Crippen molar-refractivity contribution in [1.29, 1.82) is 0 Å². The van der Waals surface area contributed by atoms with Crippen LogP contribution in [0.15, 0.2) is 42.6 Å². The molecule has 4 amide bonds. The lowest BCUT2D eigenvalue weighted by molar-refractivity contribution is -0.141. The number of piperidine rings is 3. The third kappa shape index (κ3) is 6.08. The Hall–Kier alpha value is -5.14. The summed E-state index contributed by atoms with van der Waals surface area (Å²) in [6, 6.07) is 11.6. The van der Waals surface area contributed by atoms with Crippen molar-refractivity contribution in [2.45, 2.75) is 83.5 Å². The quantitative estimate of drug-likeness (QED) is 0.229. The zero-order chi connectivity index (χ0) is 38.3. The maximum Gasteiger partial charge on any atom is 0.257 e. The van der Waals surface area contributed by atoms with Crippen molar-refractivity contribution in [3.63, 3.8) is 0 Å². The number of halogens is 2. The third-order valence-corrected chi connectivity index (χ3v) is 13.3. The van der Waals surface area contributed by atoms with Crippen molar-refractivity contribution in [3.8, 4) is 11.4 Å². The second-order valence-corrected chi connectivity index (χ2v) is 17.0. The first-order valence-corrected chi connectivity index (χ1v) is 19.5. The molecule has 55 heavy (non-hydrogen) atoms. The number of carbonyl (C=O) groups is 4. The van der Waals surface area contributed by atoms with E-state index in [0.717, 1.165) is 52.9 Å². The summed E-state index contributed by atoms with van der Waals surface area (Å²) in [5, 5.41) is 10.8. The topological polar surface area (TPSA) is 147 Å². The number of likely N-dealkylation sites (tertiary alicyclic amines) is 1. The molecule has 1 aromatic carbocycles. The van der Waals surface area contributed by atoms with E-state index in [0.29, 0.717) is 75.4 Å². The van der Waals surface area contributed by atoms with E-state index < -0.39 is 16.8 Å². The highest BCUT2D eigenvalue weighted by Crippen LogP contribution is 2.48. The average molecular weight is 753 g/mol. The van der Waals surface area contributed by atoms with Crippen LogP contribution in [0.5, 0.6) is 0 Å². The van der Waals surface area contributed by atoms with Gasteiger partial charge in [0, 0.05) is 97.4 Å². The van der Waals surface area contributed by atoms with Crippen molar-refractivity contribution >= 4 is 46.0 Å². The van der Waals surface area contributed by atoms with Gasteiger partial charge in [-0.1, -0.05) is 26.0 Å². The fourth-order valence-corrected chi connectivity index (χ4v) is 9.51. The monoisotopic (exact) mass is 752 g/mol. The smallest absolute Gasteiger partial charge is 0.257 e. The molecule has 3 aromatic heterocycles. The SMILES string of the molecule is CC1(C)Cc2[nH]nc(-c3cc4ccc(N5CCC6(CCN(C(=O)C7CCN(c8ccc(C9CCC(=O)NC9=O)cn8)CC7)CC6)C5=O)cc4[nH]3)c2CC1(F)F. The third-order valence-electron chi connectivity index (χ3n) is 13.3. The number of H-pyrrole nitrogens is 2. The van der Waals surface area contributed by atoms with E-state index in [9.17, 15) is 19.2 Å². The fraction of sp³-hybridized carbons (Fsp3) is 0.512. The number of hydrogen-bond acceptors (Lipinski definition) is 7. The molecule has 14 heteroatoms. The van der Waals surface area contributed by atoms with Crippen LogP contribution in [-0.4, -0.2) is 87.3 Å². The maximum atomic E-state index is 15.0. The van der Waals surface area contributed by atoms with E-state index in [-0.39, 0.29) is 48.3 Å². The van der Waals surface area contributed by atoms with Crippen LogP contribution in [0.3, 0.4) is 0 Å². The van der Waals surface area contributed by atoms with Gasteiger partial charge in [-0.3, -0.25) is 29.6 Å². The number of benzene rings is 1. The second kappa shape index (κ2) is 13.0. The number of imide groups is 1. The molecule has 12 nitrogen and oxygen atoms in total. The Kier molecular flexibility index (Phi) is 8.39. The molecule has 0 saturated carbocycles. The molecule has 4 saturated heterocycles. The van der Waals surface area contributed by atoms with Gasteiger partial charge in [0.05, 0.1) is 17.0 Å². The average Bonchev–Trinajstić information content (AvgIpc) is 3.86. The van der Waals surface area contributed by atoms with Gasteiger partial charge < -0.3 is 19.7 Å². The summed E-state index contributed by atoms with van der Waals surface area (Å²) in [4.78, 5) is 65.5. The normalized spacial score (nSPS) is 23.7. The number of hydrogen-bond donors (Lipinski definition) is 3.